The lowest BCUT2D eigenvalue weighted by molar-refractivity contribution is -0.138. The maximum Gasteiger partial charge on any atom is 0.416 e. The van der Waals surface area contributed by atoms with Crippen molar-refractivity contribution in [3.05, 3.63) is 185 Å². The molecule has 0 saturated carbocycles. The number of fused-ring (bicyclic) bond motifs is 3. The fourth-order valence-corrected chi connectivity index (χ4v) is 7.83. The van der Waals surface area contributed by atoms with Crippen molar-refractivity contribution < 1.29 is 26.3 Å². The Bertz CT molecular complexity index is 3020. The monoisotopic (exact) mass is 815 g/mol. The molecule has 0 atom stereocenters. The van der Waals surface area contributed by atoms with Crippen molar-refractivity contribution in [2.75, 3.05) is 0 Å². The molecule has 0 saturated heterocycles. The first-order valence-electron chi connectivity index (χ1n) is 19.1. The van der Waals surface area contributed by atoms with Gasteiger partial charge in [-0.15, -0.1) is 0 Å². The average Bonchev–Trinajstić information content (AvgIpc) is 3.59. The molecular weight excluding hydrogens is 785 g/mol. The third-order valence-electron chi connectivity index (χ3n) is 10.8. The number of rotatable bonds is 6. The zero-order chi connectivity index (χ0) is 42.6. The predicted molar refractivity (Wildman–Crippen MR) is 227 cm³/mol. The van der Waals surface area contributed by atoms with E-state index < -0.39 is 23.5 Å². The summed E-state index contributed by atoms with van der Waals surface area (Å²) in [5.41, 5.74) is 6.49. The van der Waals surface area contributed by atoms with E-state index in [2.05, 4.69) is 4.85 Å². The molecule has 0 aliphatic heterocycles. The molecule has 0 fully saturated rings. The molecule has 61 heavy (non-hydrogen) atoms. The van der Waals surface area contributed by atoms with Crippen LogP contribution in [0.25, 0.3) is 88.8 Å². The predicted octanol–water partition coefficient (Wildman–Crippen LogP) is 14.5. The highest BCUT2D eigenvalue weighted by atomic mass is 19.4. The Kier molecular flexibility index (Phi) is 9.51. The van der Waals surface area contributed by atoms with Gasteiger partial charge in [0.25, 0.3) is 0 Å². The Morgan fingerprint density at radius 3 is 1.34 bits per heavy atom. The van der Waals surface area contributed by atoms with Gasteiger partial charge in [0.15, 0.2) is 23.2 Å². The van der Waals surface area contributed by atoms with Gasteiger partial charge in [-0.05, 0) is 108 Å². The normalized spacial score (nSPS) is 11.9. The van der Waals surface area contributed by atoms with Crippen LogP contribution in [0.3, 0.4) is 0 Å². The van der Waals surface area contributed by atoms with Gasteiger partial charge in [0.1, 0.15) is 0 Å². The zero-order valence-corrected chi connectivity index (χ0v) is 32.4. The molecule has 11 heteroatoms. The number of benzene rings is 7. The van der Waals surface area contributed by atoms with E-state index in [0.29, 0.717) is 67.8 Å². The first kappa shape index (κ1) is 38.9. The molecule has 9 rings (SSSR count). The molecule has 0 bridgehead atoms. The van der Waals surface area contributed by atoms with Gasteiger partial charge < -0.3 is 4.57 Å². The van der Waals surface area contributed by atoms with Crippen molar-refractivity contribution in [1.29, 1.82) is 0 Å². The summed E-state index contributed by atoms with van der Waals surface area (Å²) in [4.78, 5) is 18.4. The summed E-state index contributed by atoms with van der Waals surface area (Å²) < 4.78 is 83.8. The summed E-state index contributed by atoms with van der Waals surface area (Å²) in [5.74, 6) is 1.15. The minimum Gasteiger partial charge on any atom is -0.309 e. The number of aromatic nitrogens is 4. The van der Waals surface area contributed by atoms with Crippen molar-refractivity contribution in [2.24, 2.45) is 0 Å². The summed E-state index contributed by atoms with van der Waals surface area (Å²) in [7, 11) is 0. The second-order valence-corrected chi connectivity index (χ2v) is 14.7. The van der Waals surface area contributed by atoms with Crippen LogP contribution >= 0.6 is 0 Å². The van der Waals surface area contributed by atoms with Crippen molar-refractivity contribution in [3.63, 3.8) is 0 Å². The number of aryl methyl sites for hydroxylation is 2. The van der Waals surface area contributed by atoms with Crippen LogP contribution in [-0.2, 0) is 12.4 Å². The summed E-state index contributed by atoms with van der Waals surface area (Å²) in [5, 5.41) is 1.51. The Labute approximate surface area is 346 Å². The topological polar surface area (TPSA) is 48.0 Å². The number of hydrogen-bond acceptors (Lipinski definition) is 3. The number of nitrogens with zero attached hydrogens (tertiary/aromatic N) is 5. The minimum absolute atomic E-state index is 0.293. The van der Waals surface area contributed by atoms with Crippen LogP contribution in [0.15, 0.2) is 152 Å². The Hall–Kier alpha value is -7.58. The molecular formula is C50H31F6N5. The highest BCUT2D eigenvalue weighted by molar-refractivity contribution is 6.12. The molecule has 0 unspecified atom stereocenters. The highest BCUT2D eigenvalue weighted by Gasteiger charge is 2.32. The van der Waals surface area contributed by atoms with Gasteiger partial charge >= 0.3 is 12.4 Å². The molecule has 0 aliphatic rings. The van der Waals surface area contributed by atoms with Gasteiger partial charge in [-0.2, -0.15) is 26.3 Å². The maximum absolute atomic E-state index is 13.6. The van der Waals surface area contributed by atoms with Crippen molar-refractivity contribution >= 4 is 27.5 Å². The molecule has 0 radical (unpaired) electrons. The van der Waals surface area contributed by atoms with Gasteiger partial charge in [0.05, 0.1) is 28.7 Å². The first-order valence-corrected chi connectivity index (χ1v) is 19.1. The molecule has 9 aromatic rings. The fraction of sp³-hybridized carbons (Fsp3) is 0.0800. The van der Waals surface area contributed by atoms with Crippen LogP contribution in [-0.4, -0.2) is 19.5 Å². The van der Waals surface area contributed by atoms with E-state index in [1.165, 1.54) is 12.1 Å². The lowest BCUT2D eigenvalue weighted by Gasteiger charge is -2.14. The van der Waals surface area contributed by atoms with Crippen LogP contribution in [0.1, 0.15) is 22.3 Å². The van der Waals surface area contributed by atoms with Gasteiger partial charge in [-0.1, -0.05) is 91.0 Å². The van der Waals surface area contributed by atoms with Crippen LogP contribution in [0.2, 0.25) is 0 Å². The second-order valence-electron chi connectivity index (χ2n) is 14.7. The van der Waals surface area contributed by atoms with E-state index in [1.54, 1.807) is 19.9 Å². The van der Waals surface area contributed by atoms with E-state index in [-0.39, 0.29) is 0 Å². The summed E-state index contributed by atoms with van der Waals surface area (Å²) in [6, 6.07) is 43.0. The average molecular weight is 816 g/mol. The summed E-state index contributed by atoms with van der Waals surface area (Å²) in [6.45, 7) is 11.4. The van der Waals surface area contributed by atoms with Gasteiger partial charge in [0.2, 0.25) is 0 Å². The van der Waals surface area contributed by atoms with Crippen molar-refractivity contribution in [1.82, 2.24) is 19.5 Å². The molecule has 298 valence electrons. The number of alkyl halides is 6. The Morgan fingerprint density at radius 2 is 0.918 bits per heavy atom. The van der Waals surface area contributed by atoms with Crippen LogP contribution in [0, 0.1) is 20.4 Å². The highest BCUT2D eigenvalue weighted by Crippen LogP contribution is 2.42. The van der Waals surface area contributed by atoms with Crippen molar-refractivity contribution in [3.8, 4) is 62.1 Å². The largest absolute Gasteiger partial charge is 0.416 e. The molecule has 2 heterocycles. The maximum atomic E-state index is 13.6. The summed E-state index contributed by atoms with van der Waals surface area (Å²) in [6.07, 6.45) is -8.99. The molecule has 2 aromatic heterocycles. The Morgan fingerprint density at radius 1 is 0.459 bits per heavy atom. The molecule has 7 aromatic carbocycles. The SMILES string of the molecule is [C-]#[N+]c1ccc(-n2c3ccc(-c4ccc(C(F)(F)F)cc4C)cc3c3cc(-c4ccc(C(F)(F)F)cc4C)ccc32)cc1-c1nc(-c2ccccc2)nc(-c2ccccc2)n1. The molecule has 0 spiro atoms. The molecule has 0 aliphatic carbocycles. The fourth-order valence-electron chi connectivity index (χ4n) is 7.83. The van der Waals surface area contributed by atoms with Gasteiger partial charge in [0, 0.05) is 33.2 Å². The number of halogens is 6. The van der Waals surface area contributed by atoms with E-state index in [9.17, 15) is 26.3 Å². The van der Waals surface area contributed by atoms with Crippen LogP contribution < -0.4 is 0 Å². The van der Waals surface area contributed by atoms with Crippen LogP contribution in [0.5, 0.6) is 0 Å². The minimum atomic E-state index is -4.50. The second kappa shape index (κ2) is 14.9. The third-order valence-corrected chi connectivity index (χ3v) is 10.8. The van der Waals surface area contributed by atoms with E-state index in [4.69, 9.17) is 21.5 Å². The molecule has 0 amide bonds. The van der Waals surface area contributed by atoms with Gasteiger partial charge in [-0.3, -0.25) is 0 Å². The van der Waals surface area contributed by atoms with E-state index in [0.717, 1.165) is 57.2 Å². The zero-order valence-electron chi connectivity index (χ0n) is 32.4. The third kappa shape index (κ3) is 7.27. The quantitative estimate of drug-likeness (QED) is 0.124. The molecule has 0 N–H and O–H groups in total. The Balaban J connectivity index is 1.27. The van der Waals surface area contributed by atoms with Crippen molar-refractivity contribution in [2.45, 2.75) is 26.2 Å². The molecule has 5 nitrogen and oxygen atoms in total. The lowest BCUT2D eigenvalue weighted by Crippen LogP contribution is -2.05. The number of hydrogen-bond donors (Lipinski definition) is 0. The smallest absolute Gasteiger partial charge is 0.309 e. The lowest BCUT2D eigenvalue weighted by atomic mass is 9.95. The standard InChI is InChI=1S/C50H31F6N5/c1-29-24-35(49(51,52)53)16-19-38(29)33-14-22-44-40(26-33)41-27-34(39-20-17-36(25-30(39)2)50(54,55)56)15-23-45(41)61(44)37-18-21-43(57-3)42(28-37)48-59-46(31-10-6-4-7-11-31)58-47(60-48)32-12-8-5-9-13-32/h4-28H,1-2H3. The van der Waals surface area contributed by atoms with E-state index in [1.807, 2.05) is 114 Å². The van der Waals surface area contributed by atoms with E-state index >= 15 is 0 Å². The summed E-state index contributed by atoms with van der Waals surface area (Å²) >= 11 is 0. The van der Waals surface area contributed by atoms with Gasteiger partial charge in [-0.25, -0.2) is 19.8 Å². The van der Waals surface area contributed by atoms with Crippen LogP contribution in [0.4, 0.5) is 32.0 Å². The first-order chi connectivity index (χ1) is 29.3.